The summed E-state index contributed by atoms with van der Waals surface area (Å²) in [7, 11) is 1.18. The van der Waals surface area contributed by atoms with Crippen molar-refractivity contribution in [2.45, 2.75) is 19.3 Å². The lowest BCUT2D eigenvalue weighted by molar-refractivity contribution is -0.396. The van der Waals surface area contributed by atoms with E-state index in [1.807, 2.05) is 44.2 Å². The Bertz CT molecular complexity index is 721. The van der Waals surface area contributed by atoms with Gasteiger partial charge in [0, 0.05) is 17.5 Å². The van der Waals surface area contributed by atoms with Crippen molar-refractivity contribution in [3.05, 3.63) is 73.8 Å². The highest BCUT2D eigenvalue weighted by Crippen LogP contribution is 2.42. The number of rotatable bonds is 5. The van der Waals surface area contributed by atoms with Gasteiger partial charge in [-0.15, -0.1) is 0 Å². The Hall–Kier alpha value is -2.96. The van der Waals surface area contributed by atoms with Crippen LogP contribution < -0.4 is 4.74 Å². The summed E-state index contributed by atoms with van der Waals surface area (Å²) in [6.45, 7) is 3.72. The van der Waals surface area contributed by atoms with E-state index < -0.39 is 26.6 Å². The highest BCUT2D eigenvalue weighted by atomic mass is 16.6. The Morgan fingerprint density at radius 1 is 0.913 bits per heavy atom. The van der Waals surface area contributed by atoms with E-state index in [0.29, 0.717) is 5.56 Å². The van der Waals surface area contributed by atoms with E-state index in [9.17, 15) is 20.2 Å². The molecule has 0 fully saturated rings. The topological polar surface area (TPSA) is 95.5 Å². The number of hydrogen-bond donors (Lipinski definition) is 0. The molecule has 7 heteroatoms. The van der Waals surface area contributed by atoms with Crippen molar-refractivity contribution in [2.24, 2.45) is 0 Å². The van der Waals surface area contributed by atoms with Gasteiger partial charge in [-0.25, -0.2) is 0 Å². The van der Waals surface area contributed by atoms with E-state index >= 15 is 0 Å². The lowest BCUT2D eigenvalue weighted by Gasteiger charge is -2.26. The van der Waals surface area contributed by atoms with Crippen LogP contribution in [0.5, 0.6) is 5.75 Å². The molecule has 0 bridgehead atoms. The van der Waals surface area contributed by atoms with Gasteiger partial charge in [-0.1, -0.05) is 44.2 Å². The molecule has 0 saturated carbocycles. The Morgan fingerprint density at radius 3 is 1.78 bits per heavy atom. The van der Waals surface area contributed by atoms with E-state index in [-0.39, 0.29) is 5.75 Å². The third-order valence-corrected chi connectivity index (χ3v) is 3.86. The number of nitro groups is 2. The van der Waals surface area contributed by atoms with Crippen molar-refractivity contribution in [1.29, 1.82) is 0 Å². The van der Waals surface area contributed by atoms with E-state index in [1.54, 1.807) is 0 Å². The standard InChI is InChI=1S/C16H16N2O5/c1-16(2,11-7-5-4-6-8-11)12-9-13(17(19)20)15(23-3)14(10-12)18(21)22/h4-10H,1-3H3. The molecule has 0 atom stereocenters. The average Bonchev–Trinajstić information content (AvgIpc) is 2.54. The zero-order chi connectivity index (χ0) is 17.2. The number of nitro benzene ring substituents is 2. The van der Waals surface area contributed by atoms with Crippen molar-refractivity contribution in [1.82, 2.24) is 0 Å². The second kappa shape index (κ2) is 6.04. The molecule has 0 radical (unpaired) electrons. The predicted molar refractivity (Wildman–Crippen MR) is 84.9 cm³/mol. The predicted octanol–water partition coefficient (Wildman–Crippen LogP) is 3.84. The molecule has 0 amide bonds. The largest absolute Gasteiger partial charge is 0.485 e. The molecule has 0 N–H and O–H groups in total. The Kier molecular flexibility index (Phi) is 4.31. The molecule has 0 spiro atoms. The summed E-state index contributed by atoms with van der Waals surface area (Å²) >= 11 is 0. The molecule has 0 aliphatic heterocycles. The fourth-order valence-corrected chi connectivity index (χ4v) is 2.46. The number of nitrogens with zero attached hydrogens (tertiary/aromatic N) is 2. The lowest BCUT2D eigenvalue weighted by atomic mass is 9.78. The van der Waals surface area contributed by atoms with Crippen LogP contribution in [0.1, 0.15) is 25.0 Å². The minimum atomic E-state index is -0.670. The molecule has 2 aromatic carbocycles. The van der Waals surface area contributed by atoms with Gasteiger partial charge in [-0.05, 0) is 11.1 Å². The third kappa shape index (κ3) is 2.98. The van der Waals surface area contributed by atoms with Crippen molar-refractivity contribution in [2.75, 3.05) is 7.11 Å². The molecule has 120 valence electrons. The second-order valence-corrected chi connectivity index (χ2v) is 5.55. The normalized spacial score (nSPS) is 11.1. The molecule has 7 nitrogen and oxygen atoms in total. The van der Waals surface area contributed by atoms with Crippen molar-refractivity contribution < 1.29 is 14.6 Å². The highest BCUT2D eigenvalue weighted by molar-refractivity contribution is 5.63. The maximum absolute atomic E-state index is 11.3. The summed E-state index contributed by atoms with van der Waals surface area (Å²) in [6.07, 6.45) is 0. The summed E-state index contributed by atoms with van der Waals surface area (Å²) in [6, 6.07) is 12.0. The first-order chi connectivity index (χ1) is 10.8. The number of benzene rings is 2. The molecule has 0 unspecified atom stereocenters. The molecule has 2 aromatic rings. The first-order valence-electron chi connectivity index (χ1n) is 6.86. The molecule has 0 saturated heterocycles. The van der Waals surface area contributed by atoms with Gasteiger partial charge in [0.2, 0.25) is 0 Å². The molecule has 0 heterocycles. The second-order valence-electron chi connectivity index (χ2n) is 5.55. The first-order valence-corrected chi connectivity index (χ1v) is 6.86. The van der Waals surface area contributed by atoms with E-state index in [4.69, 9.17) is 4.74 Å². The monoisotopic (exact) mass is 316 g/mol. The molecular formula is C16H16N2O5. The van der Waals surface area contributed by atoms with Crippen LogP contribution in [0.4, 0.5) is 11.4 Å². The van der Waals surface area contributed by atoms with Crippen LogP contribution in [-0.2, 0) is 5.41 Å². The number of hydrogen-bond acceptors (Lipinski definition) is 5. The lowest BCUT2D eigenvalue weighted by Crippen LogP contribution is -2.19. The van der Waals surface area contributed by atoms with Crippen molar-refractivity contribution in [3.63, 3.8) is 0 Å². The molecule has 0 aliphatic rings. The Balaban J connectivity index is 2.73. The van der Waals surface area contributed by atoms with E-state index in [2.05, 4.69) is 0 Å². The van der Waals surface area contributed by atoms with Crippen LogP contribution in [0.2, 0.25) is 0 Å². The average molecular weight is 316 g/mol. The Labute approximate surface area is 132 Å². The van der Waals surface area contributed by atoms with Gasteiger partial charge >= 0.3 is 11.4 Å². The molecule has 2 rings (SSSR count). The summed E-state index contributed by atoms with van der Waals surface area (Å²) in [5.74, 6) is -0.340. The van der Waals surface area contributed by atoms with Crippen molar-refractivity contribution >= 4 is 11.4 Å². The van der Waals surface area contributed by atoms with Crippen LogP contribution in [-0.4, -0.2) is 17.0 Å². The summed E-state index contributed by atoms with van der Waals surface area (Å²) < 4.78 is 4.89. The fraction of sp³-hybridized carbons (Fsp3) is 0.250. The van der Waals surface area contributed by atoms with Crippen LogP contribution in [0.15, 0.2) is 42.5 Å². The van der Waals surface area contributed by atoms with Gasteiger partial charge in [0.05, 0.1) is 17.0 Å². The van der Waals surface area contributed by atoms with Gasteiger partial charge < -0.3 is 4.74 Å². The SMILES string of the molecule is COc1c([N+](=O)[O-])cc(C(C)(C)c2ccccc2)cc1[N+](=O)[O-]. The van der Waals surface area contributed by atoms with Gasteiger partial charge in [0.25, 0.3) is 5.75 Å². The van der Waals surface area contributed by atoms with Gasteiger partial charge in [-0.3, -0.25) is 20.2 Å². The zero-order valence-electron chi connectivity index (χ0n) is 13.0. The zero-order valence-corrected chi connectivity index (χ0v) is 13.0. The number of methoxy groups -OCH3 is 1. The van der Waals surface area contributed by atoms with Crippen LogP contribution in [0.3, 0.4) is 0 Å². The maximum atomic E-state index is 11.3. The van der Waals surface area contributed by atoms with E-state index in [0.717, 1.165) is 5.56 Å². The number of ether oxygens (including phenoxy) is 1. The summed E-state index contributed by atoms with van der Waals surface area (Å²) in [5, 5.41) is 22.5. The Morgan fingerprint density at radius 2 is 1.39 bits per heavy atom. The van der Waals surface area contributed by atoms with Crippen molar-refractivity contribution in [3.8, 4) is 5.75 Å². The van der Waals surface area contributed by atoms with Gasteiger partial charge in [-0.2, -0.15) is 0 Å². The van der Waals surface area contributed by atoms with Crippen LogP contribution >= 0.6 is 0 Å². The smallest absolute Gasteiger partial charge is 0.318 e. The highest BCUT2D eigenvalue weighted by Gasteiger charge is 2.33. The minimum Gasteiger partial charge on any atom is -0.485 e. The van der Waals surface area contributed by atoms with Crippen LogP contribution in [0.25, 0.3) is 0 Å². The molecule has 0 aliphatic carbocycles. The molecule has 23 heavy (non-hydrogen) atoms. The molecular weight excluding hydrogens is 300 g/mol. The van der Waals surface area contributed by atoms with Gasteiger partial charge in [0.15, 0.2) is 0 Å². The fourth-order valence-electron chi connectivity index (χ4n) is 2.46. The first kappa shape index (κ1) is 16.4. The summed E-state index contributed by atoms with van der Waals surface area (Å²) in [4.78, 5) is 21.2. The van der Waals surface area contributed by atoms with Crippen LogP contribution in [0, 0.1) is 20.2 Å². The quantitative estimate of drug-likeness (QED) is 0.617. The molecule has 0 aromatic heterocycles. The maximum Gasteiger partial charge on any atom is 0.318 e. The third-order valence-electron chi connectivity index (χ3n) is 3.86. The summed E-state index contributed by atoms with van der Waals surface area (Å²) in [5.41, 5.74) is -0.0960. The minimum absolute atomic E-state index is 0.340. The van der Waals surface area contributed by atoms with E-state index in [1.165, 1.54) is 19.2 Å². The van der Waals surface area contributed by atoms with Gasteiger partial charge in [0.1, 0.15) is 0 Å².